The standard InChI is InChI=1S/C13H17NO6/c1-3-4-7-19-13(15)9-20-12-8-10(18-2)5-6-11(12)14(16)17/h5-6,8H,3-4,7,9H2,1-2H3. The van der Waals surface area contributed by atoms with Crippen molar-refractivity contribution in [2.45, 2.75) is 19.8 Å². The fourth-order valence-electron chi connectivity index (χ4n) is 1.40. The van der Waals surface area contributed by atoms with E-state index in [9.17, 15) is 14.9 Å². The van der Waals surface area contributed by atoms with Gasteiger partial charge in [-0.15, -0.1) is 0 Å². The first-order valence-electron chi connectivity index (χ1n) is 6.19. The van der Waals surface area contributed by atoms with Crippen LogP contribution in [-0.2, 0) is 9.53 Å². The van der Waals surface area contributed by atoms with Gasteiger partial charge in [-0.25, -0.2) is 4.79 Å². The molecule has 0 saturated carbocycles. The van der Waals surface area contributed by atoms with Gasteiger partial charge in [-0.2, -0.15) is 0 Å². The molecule has 0 aliphatic heterocycles. The number of esters is 1. The maximum absolute atomic E-state index is 11.4. The lowest BCUT2D eigenvalue weighted by Gasteiger charge is -2.08. The van der Waals surface area contributed by atoms with E-state index in [0.717, 1.165) is 12.8 Å². The third-order valence-electron chi connectivity index (χ3n) is 2.47. The van der Waals surface area contributed by atoms with Crippen LogP contribution in [0.25, 0.3) is 0 Å². The van der Waals surface area contributed by atoms with Gasteiger partial charge in [0.05, 0.1) is 18.6 Å². The van der Waals surface area contributed by atoms with Crippen LogP contribution in [0.15, 0.2) is 18.2 Å². The van der Waals surface area contributed by atoms with Gasteiger partial charge in [-0.05, 0) is 12.5 Å². The van der Waals surface area contributed by atoms with E-state index in [4.69, 9.17) is 14.2 Å². The van der Waals surface area contributed by atoms with E-state index in [1.54, 1.807) is 0 Å². The molecular weight excluding hydrogens is 266 g/mol. The SMILES string of the molecule is CCCCOC(=O)COc1cc(OC)ccc1[N+](=O)[O-]. The van der Waals surface area contributed by atoms with Crippen LogP contribution in [0.1, 0.15) is 19.8 Å². The van der Waals surface area contributed by atoms with E-state index < -0.39 is 10.9 Å². The summed E-state index contributed by atoms with van der Waals surface area (Å²) in [7, 11) is 1.43. The summed E-state index contributed by atoms with van der Waals surface area (Å²) in [4.78, 5) is 21.6. The minimum absolute atomic E-state index is 0.0261. The van der Waals surface area contributed by atoms with Crippen LogP contribution in [0.5, 0.6) is 11.5 Å². The minimum Gasteiger partial charge on any atom is -0.497 e. The van der Waals surface area contributed by atoms with Crippen LogP contribution in [0.3, 0.4) is 0 Å². The lowest BCUT2D eigenvalue weighted by Crippen LogP contribution is -2.16. The molecule has 7 heteroatoms. The van der Waals surface area contributed by atoms with Gasteiger partial charge in [0, 0.05) is 12.1 Å². The first-order chi connectivity index (χ1) is 9.58. The van der Waals surface area contributed by atoms with Crippen molar-refractivity contribution in [2.24, 2.45) is 0 Å². The Labute approximate surface area is 116 Å². The van der Waals surface area contributed by atoms with Crippen LogP contribution in [0.4, 0.5) is 5.69 Å². The smallest absolute Gasteiger partial charge is 0.344 e. The number of ether oxygens (including phenoxy) is 3. The molecule has 1 aromatic carbocycles. The largest absolute Gasteiger partial charge is 0.497 e. The zero-order chi connectivity index (χ0) is 15.0. The minimum atomic E-state index is -0.586. The third kappa shape index (κ3) is 4.75. The average Bonchev–Trinajstić information content (AvgIpc) is 2.44. The molecule has 0 saturated heterocycles. The number of carbonyl (C=O) groups excluding carboxylic acids is 1. The van der Waals surface area contributed by atoms with Gasteiger partial charge in [-0.3, -0.25) is 10.1 Å². The molecule has 110 valence electrons. The molecule has 0 spiro atoms. The number of hydrogen-bond donors (Lipinski definition) is 0. The van der Waals surface area contributed by atoms with Crippen molar-refractivity contribution in [1.29, 1.82) is 0 Å². The molecule has 20 heavy (non-hydrogen) atoms. The number of rotatable bonds is 8. The maximum atomic E-state index is 11.4. The third-order valence-corrected chi connectivity index (χ3v) is 2.47. The summed E-state index contributed by atoms with van der Waals surface area (Å²) in [5.74, 6) is -0.178. The summed E-state index contributed by atoms with van der Waals surface area (Å²) < 4.78 is 15.0. The highest BCUT2D eigenvalue weighted by Crippen LogP contribution is 2.30. The first kappa shape index (κ1) is 15.7. The van der Waals surface area contributed by atoms with Gasteiger partial charge in [0.25, 0.3) is 0 Å². The Hall–Kier alpha value is -2.31. The van der Waals surface area contributed by atoms with E-state index in [-0.39, 0.29) is 18.0 Å². The normalized spacial score (nSPS) is 9.90. The fraction of sp³-hybridized carbons (Fsp3) is 0.462. The number of nitro groups is 1. The molecule has 1 rings (SSSR count). The van der Waals surface area contributed by atoms with Gasteiger partial charge < -0.3 is 14.2 Å². The second kappa shape index (κ2) is 7.98. The topological polar surface area (TPSA) is 87.9 Å². The van der Waals surface area contributed by atoms with Gasteiger partial charge >= 0.3 is 11.7 Å². The maximum Gasteiger partial charge on any atom is 0.344 e. The highest BCUT2D eigenvalue weighted by molar-refractivity contribution is 5.71. The van der Waals surface area contributed by atoms with Crippen LogP contribution in [-0.4, -0.2) is 31.2 Å². The Morgan fingerprint density at radius 1 is 1.40 bits per heavy atom. The van der Waals surface area contributed by atoms with Crippen molar-refractivity contribution in [1.82, 2.24) is 0 Å². The molecule has 0 aromatic heterocycles. The Morgan fingerprint density at radius 3 is 2.75 bits per heavy atom. The molecule has 0 radical (unpaired) electrons. The first-order valence-corrected chi connectivity index (χ1v) is 6.19. The molecule has 0 heterocycles. The van der Waals surface area contributed by atoms with Gasteiger partial charge in [0.15, 0.2) is 6.61 Å². The molecule has 0 aliphatic carbocycles. The molecule has 1 aromatic rings. The highest BCUT2D eigenvalue weighted by atomic mass is 16.6. The lowest BCUT2D eigenvalue weighted by molar-refractivity contribution is -0.385. The Morgan fingerprint density at radius 2 is 2.15 bits per heavy atom. The van der Waals surface area contributed by atoms with E-state index in [2.05, 4.69) is 0 Å². The average molecular weight is 283 g/mol. The zero-order valence-corrected chi connectivity index (χ0v) is 11.5. The van der Waals surface area contributed by atoms with Crippen LogP contribution in [0.2, 0.25) is 0 Å². The molecule has 0 fully saturated rings. The molecule has 0 bridgehead atoms. The quantitative estimate of drug-likeness (QED) is 0.315. The second-order valence-electron chi connectivity index (χ2n) is 3.95. The molecule has 0 N–H and O–H groups in total. The molecule has 7 nitrogen and oxygen atoms in total. The van der Waals surface area contributed by atoms with E-state index in [1.807, 2.05) is 6.92 Å². The highest BCUT2D eigenvalue weighted by Gasteiger charge is 2.17. The summed E-state index contributed by atoms with van der Waals surface area (Å²) in [6, 6.07) is 4.07. The summed E-state index contributed by atoms with van der Waals surface area (Å²) >= 11 is 0. The number of nitrogens with zero attached hydrogens (tertiary/aromatic N) is 1. The Balaban J connectivity index is 2.65. The van der Waals surface area contributed by atoms with Gasteiger partial charge in [0.1, 0.15) is 5.75 Å². The number of benzene rings is 1. The van der Waals surface area contributed by atoms with Gasteiger partial charge in [0.2, 0.25) is 5.75 Å². The van der Waals surface area contributed by atoms with Crippen LogP contribution < -0.4 is 9.47 Å². The summed E-state index contributed by atoms with van der Waals surface area (Å²) in [6.45, 7) is 1.92. The number of unbranched alkanes of at least 4 members (excludes halogenated alkanes) is 1. The van der Waals surface area contributed by atoms with Crippen molar-refractivity contribution >= 4 is 11.7 Å². The summed E-state index contributed by atoms with van der Waals surface area (Å²) in [5, 5.41) is 10.8. The van der Waals surface area contributed by atoms with Crippen LogP contribution in [0, 0.1) is 10.1 Å². The van der Waals surface area contributed by atoms with Crippen molar-refractivity contribution in [2.75, 3.05) is 20.3 Å². The van der Waals surface area contributed by atoms with Crippen molar-refractivity contribution < 1.29 is 23.9 Å². The van der Waals surface area contributed by atoms with Crippen molar-refractivity contribution in [3.8, 4) is 11.5 Å². The Kier molecular flexibility index (Phi) is 6.28. The predicted octanol–water partition coefficient (Wildman–Crippen LogP) is 2.33. The molecule has 0 aliphatic rings. The van der Waals surface area contributed by atoms with Crippen molar-refractivity contribution in [3.63, 3.8) is 0 Å². The molecule has 0 atom stereocenters. The number of hydrogen-bond acceptors (Lipinski definition) is 6. The van der Waals surface area contributed by atoms with Crippen LogP contribution >= 0.6 is 0 Å². The molecular formula is C13H17NO6. The summed E-state index contributed by atoms with van der Waals surface area (Å²) in [6.07, 6.45) is 1.68. The van der Waals surface area contributed by atoms with E-state index in [0.29, 0.717) is 12.4 Å². The summed E-state index contributed by atoms with van der Waals surface area (Å²) in [5.41, 5.74) is -0.229. The van der Waals surface area contributed by atoms with E-state index >= 15 is 0 Å². The van der Waals surface area contributed by atoms with E-state index in [1.165, 1.54) is 25.3 Å². The molecule has 0 unspecified atom stereocenters. The predicted molar refractivity (Wildman–Crippen MR) is 71.0 cm³/mol. The monoisotopic (exact) mass is 283 g/mol. The number of methoxy groups -OCH3 is 1. The lowest BCUT2D eigenvalue weighted by atomic mass is 10.3. The Bertz CT molecular complexity index is 474. The van der Waals surface area contributed by atoms with Gasteiger partial charge in [-0.1, -0.05) is 13.3 Å². The number of carbonyl (C=O) groups is 1. The second-order valence-corrected chi connectivity index (χ2v) is 3.95. The van der Waals surface area contributed by atoms with Crippen molar-refractivity contribution in [3.05, 3.63) is 28.3 Å². The molecule has 0 amide bonds. The fourth-order valence-corrected chi connectivity index (χ4v) is 1.40. The number of nitro benzene ring substituents is 1. The zero-order valence-electron chi connectivity index (χ0n) is 11.5.